The molecule has 0 spiro atoms. The van der Waals surface area contributed by atoms with Crippen LogP contribution in [-0.2, 0) is 14.8 Å². The zero-order valence-electron chi connectivity index (χ0n) is 14.6. The molecule has 1 atom stereocenters. The molecule has 1 heterocycles. The van der Waals surface area contributed by atoms with E-state index >= 15 is 0 Å². The highest BCUT2D eigenvalue weighted by Gasteiger charge is 2.36. The fraction of sp³-hybridized carbons (Fsp3) is 0.667. The normalized spacial score (nSPS) is 22.7. The van der Waals surface area contributed by atoms with Gasteiger partial charge in [-0.25, -0.2) is 8.42 Å². The lowest BCUT2D eigenvalue weighted by molar-refractivity contribution is 0.0561. The number of rotatable bonds is 5. The van der Waals surface area contributed by atoms with Crippen molar-refractivity contribution in [3.05, 3.63) is 28.3 Å². The molecule has 0 aromatic heterocycles. The van der Waals surface area contributed by atoms with Crippen LogP contribution in [0.5, 0.6) is 0 Å². The first-order valence-electron chi connectivity index (χ1n) is 8.50. The third-order valence-electron chi connectivity index (χ3n) is 5.27. The van der Waals surface area contributed by atoms with Gasteiger partial charge in [0.05, 0.1) is 11.0 Å². The Labute approximate surface area is 139 Å². The predicted octanol–water partition coefficient (Wildman–Crippen LogP) is 3.11. The Morgan fingerprint density at radius 1 is 1.09 bits per heavy atom. The van der Waals surface area contributed by atoms with E-state index in [1.54, 1.807) is 4.31 Å². The van der Waals surface area contributed by atoms with E-state index in [9.17, 15) is 8.42 Å². The molecule has 0 amide bonds. The van der Waals surface area contributed by atoms with Crippen molar-refractivity contribution >= 4 is 10.0 Å². The first-order valence-corrected chi connectivity index (χ1v) is 9.94. The average molecular weight is 337 g/mol. The van der Waals surface area contributed by atoms with Crippen LogP contribution in [0.3, 0.4) is 0 Å². The summed E-state index contributed by atoms with van der Waals surface area (Å²) in [4.78, 5) is 0.498. The molecule has 1 aromatic rings. The molecule has 1 aromatic carbocycles. The first-order chi connectivity index (χ1) is 10.8. The molecule has 1 saturated carbocycles. The highest BCUT2D eigenvalue weighted by atomic mass is 32.2. The number of hydrogen-bond acceptors (Lipinski definition) is 3. The second-order valence-corrected chi connectivity index (χ2v) is 9.01. The van der Waals surface area contributed by atoms with Crippen LogP contribution in [-0.4, -0.2) is 38.5 Å². The Balaban J connectivity index is 1.82. The van der Waals surface area contributed by atoms with Crippen LogP contribution in [0.25, 0.3) is 0 Å². The van der Waals surface area contributed by atoms with E-state index in [4.69, 9.17) is 4.74 Å². The monoisotopic (exact) mass is 337 g/mol. The van der Waals surface area contributed by atoms with Gasteiger partial charge in [0.15, 0.2) is 0 Å². The summed E-state index contributed by atoms with van der Waals surface area (Å²) in [7, 11) is -3.45. The standard InChI is InChI=1S/C18H27NO3S/c1-12-9-13(2)15(4)18(14(12)3)23(20,21)19-8-7-17(10-19)22-11-16-5-6-16/h9,16-17H,5-8,10-11H2,1-4H3. The van der Waals surface area contributed by atoms with Crippen LogP contribution < -0.4 is 0 Å². The van der Waals surface area contributed by atoms with Crippen LogP contribution in [0, 0.1) is 33.6 Å². The summed E-state index contributed by atoms with van der Waals surface area (Å²) in [6.45, 7) is 9.61. The number of nitrogens with zero attached hydrogens (tertiary/aromatic N) is 1. The second kappa shape index (κ2) is 6.19. The largest absolute Gasteiger partial charge is 0.377 e. The van der Waals surface area contributed by atoms with Gasteiger partial charge in [-0.1, -0.05) is 6.07 Å². The molecule has 1 unspecified atom stereocenters. The van der Waals surface area contributed by atoms with Crippen molar-refractivity contribution < 1.29 is 13.2 Å². The highest BCUT2D eigenvalue weighted by Crippen LogP contribution is 2.32. The number of benzene rings is 1. The number of sulfonamides is 1. The summed E-state index contributed by atoms with van der Waals surface area (Å²) in [6, 6.07) is 2.06. The Kier molecular flexibility index (Phi) is 4.55. The molecule has 4 nitrogen and oxygen atoms in total. The number of aryl methyl sites for hydroxylation is 2. The zero-order valence-corrected chi connectivity index (χ0v) is 15.4. The van der Waals surface area contributed by atoms with Crippen LogP contribution in [0.15, 0.2) is 11.0 Å². The molecule has 0 bridgehead atoms. The maximum absolute atomic E-state index is 13.1. The molecular weight excluding hydrogens is 310 g/mol. The minimum Gasteiger partial charge on any atom is -0.377 e. The Bertz CT molecular complexity index is 681. The summed E-state index contributed by atoms with van der Waals surface area (Å²) < 4.78 is 33.8. The topological polar surface area (TPSA) is 46.6 Å². The second-order valence-electron chi connectivity index (χ2n) is 7.14. The van der Waals surface area contributed by atoms with Gasteiger partial charge in [-0.15, -0.1) is 0 Å². The molecule has 0 radical (unpaired) electrons. The molecule has 1 aliphatic heterocycles. The minimum atomic E-state index is -3.45. The molecule has 2 aliphatic rings. The zero-order chi connectivity index (χ0) is 16.8. The van der Waals surface area contributed by atoms with Gasteiger partial charge in [0, 0.05) is 19.7 Å². The maximum Gasteiger partial charge on any atom is 0.243 e. The average Bonchev–Trinajstić information content (AvgIpc) is 3.19. The molecule has 1 saturated heterocycles. The third kappa shape index (κ3) is 3.32. The van der Waals surface area contributed by atoms with E-state index < -0.39 is 10.0 Å². The Hall–Kier alpha value is -0.910. The molecule has 0 N–H and O–H groups in total. The molecule has 1 aliphatic carbocycles. The van der Waals surface area contributed by atoms with Gasteiger partial charge < -0.3 is 4.74 Å². The SMILES string of the molecule is Cc1cc(C)c(C)c(S(=O)(=O)N2CCC(OCC3CC3)C2)c1C. The smallest absolute Gasteiger partial charge is 0.243 e. The van der Waals surface area contributed by atoms with Crippen LogP contribution >= 0.6 is 0 Å². The third-order valence-corrected chi connectivity index (χ3v) is 7.41. The first kappa shape index (κ1) is 16.9. The van der Waals surface area contributed by atoms with Crippen molar-refractivity contribution in [1.82, 2.24) is 4.31 Å². The molecular formula is C18H27NO3S. The number of hydrogen-bond donors (Lipinski definition) is 0. The summed E-state index contributed by atoms with van der Waals surface area (Å²) in [5, 5.41) is 0. The van der Waals surface area contributed by atoms with Gasteiger partial charge in [0.2, 0.25) is 10.0 Å². The van der Waals surface area contributed by atoms with Crippen molar-refractivity contribution in [2.24, 2.45) is 5.92 Å². The van der Waals surface area contributed by atoms with Crippen LogP contribution in [0.1, 0.15) is 41.5 Å². The van der Waals surface area contributed by atoms with E-state index in [1.165, 1.54) is 12.8 Å². The lowest BCUT2D eigenvalue weighted by atomic mass is 10.0. The van der Waals surface area contributed by atoms with Crippen molar-refractivity contribution in [1.29, 1.82) is 0 Å². The van der Waals surface area contributed by atoms with E-state index in [0.29, 0.717) is 23.9 Å². The van der Waals surface area contributed by atoms with Gasteiger partial charge in [-0.2, -0.15) is 4.31 Å². The summed E-state index contributed by atoms with van der Waals surface area (Å²) in [5.41, 5.74) is 3.81. The fourth-order valence-corrected chi connectivity index (χ4v) is 5.37. The maximum atomic E-state index is 13.1. The van der Waals surface area contributed by atoms with Gasteiger partial charge >= 0.3 is 0 Å². The highest BCUT2D eigenvalue weighted by molar-refractivity contribution is 7.89. The quantitative estimate of drug-likeness (QED) is 0.829. The van der Waals surface area contributed by atoms with Crippen molar-refractivity contribution in [3.63, 3.8) is 0 Å². The summed E-state index contributed by atoms with van der Waals surface area (Å²) in [5.74, 6) is 0.713. The Morgan fingerprint density at radius 3 is 2.26 bits per heavy atom. The Morgan fingerprint density at radius 2 is 1.70 bits per heavy atom. The molecule has 3 rings (SSSR count). The fourth-order valence-electron chi connectivity index (χ4n) is 3.31. The van der Waals surface area contributed by atoms with E-state index in [-0.39, 0.29) is 6.10 Å². The molecule has 5 heteroatoms. The molecule has 128 valence electrons. The molecule has 23 heavy (non-hydrogen) atoms. The minimum absolute atomic E-state index is 0.0527. The van der Waals surface area contributed by atoms with Gasteiger partial charge in [0.1, 0.15) is 0 Å². The van der Waals surface area contributed by atoms with Crippen molar-refractivity contribution in [2.75, 3.05) is 19.7 Å². The van der Waals surface area contributed by atoms with Crippen molar-refractivity contribution in [2.45, 2.75) is 58.0 Å². The predicted molar refractivity (Wildman–Crippen MR) is 91.2 cm³/mol. The van der Waals surface area contributed by atoms with Crippen molar-refractivity contribution in [3.8, 4) is 0 Å². The van der Waals surface area contributed by atoms with E-state index in [1.807, 2.05) is 27.7 Å². The summed E-state index contributed by atoms with van der Waals surface area (Å²) in [6.07, 6.45) is 3.37. The summed E-state index contributed by atoms with van der Waals surface area (Å²) >= 11 is 0. The lowest BCUT2D eigenvalue weighted by Crippen LogP contribution is -2.31. The molecule has 2 fully saturated rings. The van der Waals surface area contributed by atoms with Gasteiger partial charge in [-0.05, 0) is 75.1 Å². The van der Waals surface area contributed by atoms with E-state index in [0.717, 1.165) is 35.3 Å². The van der Waals surface area contributed by atoms with Gasteiger partial charge in [0.25, 0.3) is 0 Å². The van der Waals surface area contributed by atoms with Crippen LogP contribution in [0.4, 0.5) is 0 Å². The van der Waals surface area contributed by atoms with E-state index in [2.05, 4.69) is 6.07 Å². The van der Waals surface area contributed by atoms with Crippen LogP contribution in [0.2, 0.25) is 0 Å². The lowest BCUT2D eigenvalue weighted by Gasteiger charge is -2.22. The van der Waals surface area contributed by atoms with Gasteiger partial charge in [-0.3, -0.25) is 0 Å². The number of ether oxygens (including phenoxy) is 1.